The minimum Gasteiger partial charge on any atom is -0.352 e. The highest BCUT2D eigenvalue weighted by Crippen LogP contribution is 2.28. The lowest BCUT2D eigenvalue weighted by atomic mass is 9.79. The van der Waals surface area contributed by atoms with Crippen LogP contribution in [0.4, 0.5) is 0 Å². The molecule has 1 aliphatic rings. The maximum Gasteiger partial charge on any atom is 0.223 e. The SMILES string of the molecule is CC(C)CC(CN(C)C)NC(=O)C1CCC(C)C(N)C1. The lowest BCUT2D eigenvalue weighted by Crippen LogP contribution is -2.47. The fraction of sp³-hybridized carbons (Fsp3) is 0.938. The first-order valence-corrected chi connectivity index (χ1v) is 8.00. The normalized spacial score (nSPS) is 28.7. The van der Waals surface area contributed by atoms with Crippen LogP contribution in [-0.2, 0) is 4.79 Å². The van der Waals surface area contributed by atoms with Crippen LogP contribution in [0.5, 0.6) is 0 Å². The van der Waals surface area contributed by atoms with Crippen molar-refractivity contribution >= 4 is 5.91 Å². The topological polar surface area (TPSA) is 58.4 Å². The van der Waals surface area contributed by atoms with Crippen molar-refractivity contribution in [2.24, 2.45) is 23.5 Å². The average Bonchev–Trinajstić information content (AvgIpc) is 2.30. The molecule has 0 aromatic carbocycles. The van der Waals surface area contributed by atoms with E-state index >= 15 is 0 Å². The lowest BCUT2D eigenvalue weighted by molar-refractivity contribution is -0.127. The number of carbonyl (C=O) groups is 1. The van der Waals surface area contributed by atoms with Gasteiger partial charge < -0.3 is 16.0 Å². The third-order valence-corrected chi connectivity index (χ3v) is 4.32. The summed E-state index contributed by atoms with van der Waals surface area (Å²) in [6.45, 7) is 7.49. The second-order valence-electron chi connectivity index (χ2n) is 7.25. The molecule has 0 bridgehead atoms. The van der Waals surface area contributed by atoms with E-state index in [2.05, 4.69) is 45.1 Å². The fourth-order valence-electron chi connectivity index (χ4n) is 3.10. The molecular formula is C16H33N3O. The Hall–Kier alpha value is -0.610. The van der Waals surface area contributed by atoms with Gasteiger partial charge in [-0.1, -0.05) is 20.8 Å². The van der Waals surface area contributed by atoms with Gasteiger partial charge in [-0.15, -0.1) is 0 Å². The lowest BCUT2D eigenvalue weighted by Gasteiger charge is -2.32. The standard InChI is InChI=1S/C16H33N3O/c1-11(2)8-14(10-19(4)5)18-16(20)13-7-6-12(3)15(17)9-13/h11-15H,6-10,17H2,1-5H3,(H,18,20). The van der Waals surface area contributed by atoms with E-state index in [0.29, 0.717) is 11.8 Å². The molecule has 4 unspecified atom stereocenters. The molecule has 0 aromatic heterocycles. The van der Waals surface area contributed by atoms with Crippen molar-refractivity contribution in [1.29, 1.82) is 0 Å². The van der Waals surface area contributed by atoms with Gasteiger partial charge in [-0.3, -0.25) is 4.79 Å². The van der Waals surface area contributed by atoms with Crippen molar-refractivity contribution in [3.63, 3.8) is 0 Å². The number of nitrogens with one attached hydrogen (secondary N) is 1. The van der Waals surface area contributed by atoms with Crippen molar-refractivity contribution in [2.75, 3.05) is 20.6 Å². The number of hydrogen-bond acceptors (Lipinski definition) is 3. The Labute approximate surface area is 124 Å². The molecular weight excluding hydrogens is 250 g/mol. The van der Waals surface area contributed by atoms with Gasteiger partial charge in [-0.05, 0) is 51.6 Å². The van der Waals surface area contributed by atoms with E-state index in [1.807, 2.05) is 0 Å². The molecule has 1 fully saturated rings. The summed E-state index contributed by atoms with van der Waals surface area (Å²) < 4.78 is 0. The summed E-state index contributed by atoms with van der Waals surface area (Å²) in [7, 11) is 4.11. The number of nitrogens with two attached hydrogens (primary N) is 1. The van der Waals surface area contributed by atoms with Gasteiger partial charge in [0.2, 0.25) is 5.91 Å². The quantitative estimate of drug-likeness (QED) is 0.782. The summed E-state index contributed by atoms with van der Waals surface area (Å²) in [5.41, 5.74) is 6.11. The molecule has 0 heterocycles. The number of nitrogens with zero attached hydrogens (tertiary/aromatic N) is 1. The highest BCUT2D eigenvalue weighted by Gasteiger charge is 2.30. The van der Waals surface area contributed by atoms with Crippen LogP contribution in [0.3, 0.4) is 0 Å². The Balaban J connectivity index is 2.52. The largest absolute Gasteiger partial charge is 0.352 e. The van der Waals surface area contributed by atoms with Crippen LogP contribution in [0.2, 0.25) is 0 Å². The van der Waals surface area contributed by atoms with Gasteiger partial charge in [0.15, 0.2) is 0 Å². The summed E-state index contributed by atoms with van der Waals surface area (Å²) in [5, 5.41) is 3.25. The molecule has 3 N–H and O–H groups in total. The zero-order valence-corrected chi connectivity index (χ0v) is 13.9. The van der Waals surface area contributed by atoms with Crippen LogP contribution in [0.1, 0.15) is 46.5 Å². The van der Waals surface area contributed by atoms with Gasteiger partial charge in [-0.25, -0.2) is 0 Å². The first kappa shape index (κ1) is 17.4. The molecule has 1 saturated carbocycles. The summed E-state index contributed by atoms with van der Waals surface area (Å²) in [6.07, 6.45) is 3.92. The molecule has 0 aliphatic heterocycles. The van der Waals surface area contributed by atoms with Crippen LogP contribution in [0, 0.1) is 17.8 Å². The molecule has 4 atom stereocenters. The fourth-order valence-corrected chi connectivity index (χ4v) is 3.10. The molecule has 0 spiro atoms. The summed E-state index contributed by atoms with van der Waals surface area (Å²) in [5.74, 6) is 1.46. The van der Waals surface area contributed by atoms with Crippen LogP contribution in [0.15, 0.2) is 0 Å². The van der Waals surface area contributed by atoms with Crippen molar-refractivity contribution in [3.8, 4) is 0 Å². The zero-order chi connectivity index (χ0) is 15.3. The Morgan fingerprint density at radius 3 is 2.50 bits per heavy atom. The summed E-state index contributed by atoms with van der Waals surface area (Å²) in [6, 6.07) is 0.421. The summed E-state index contributed by atoms with van der Waals surface area (Å²) in [4.78, 5) is 14.6. The van der Waals surface area contributed by atoms with E-state index < -0.39 is 0 Å². The van der Waals surface area contributed by atoms with Gasteiger partial charge in [0, 0.05) is 24.5 Å². The third kappa shape index (κ3) is 5.80. The van der Waals surface area contributed by atoms with E-state index in [0.717, 1.165) is 32.2 Å². The number of carbonyl (C=O) groups excluding carboxylic acids is 1. The predicted octanol–water partition coefficient (Wildman–Crippen LogP) is 1.84. The van der Waals surface area contributed by atoms with Gasteiger partial charge in [0.1, 0.15) is 0 Å². The van der Waals surface area contributed by atoms with E-state index in [9.17, 15) is 4.79 Å². The third-order valence-electron chi connectivity index (χ3n) is 4.32. The highest BCUT2D eigenvalue weighted by atomic mass is 16.1. The number of amides is 1. The molecule has 4 nitrogen and oxygen atoms in total. The van der Waals surface area contributed by atoms with Crippen molar-refractivity contribution < 1.29 is 4.79 Å². The highest BCUT2D eigenvalue weighted by molar-refractivity contribution is 5.79. The second kappa shape index (κ2) is 7.99. The van der Waals surface area contributed by atoms with Gasteiger partial charge in [0.05, 0.1) is 0 Å². The Morgan fingerprint density at radius 2 is 2.00 bits per heavy atom. The van der Waals surface area contributed by atoms with E-state index in [1.54, 1.807) is 0 Å². The first-order valence-electron chi connectivity index (χ1n) is 8.00. The van der Waals surface area contributed by atoms with Crippen LogP contribution in [0.25, 0.3) is 0 Å². The molecule has 20 heavy (non-hydrogen) atoms. The maximum atomic E-state index is 12.4. The van der Waals surface area contributed by atoms with E-state index in [4.69, 9.17) is 5.73 Å². The summed E-state index contributed by atoms with van der Waals surface area (Å²) >= 11 is 0. The van der Waals surface area contributed by atoms with Crippen LogP contribution < -0.4 is 11.1 Å². The smallest absolute Gasteiger partial charge is 0.223 e. The molecule has 0 saturated heterocycles. The average molecular weight is 283 g/mol. The van der Waals surface area contributed by atoms with Gasteiger partial charge in [0.25, 0.3) is 0 Å². The predicted molar refractivity (Wildman–Crippen MR) is 84.4 cm³/mol. The zero-order valence-electron chi connectivity index (χ0n) is 13.9. The van der Waals surface area contributed by atoms with Crippen LogP contribution in [-0.4, -0.2) is 43.5 Å². The maximum absolute atomic E-state index is 12.4. The van der Waals surface area contributed by atoms with Gasteiger partial charge >= 0.3 is 0 Å². The van der Waals surface area contributed by atoms with Crippen molar-refractivity contribution in [2.45, 2.75) is 58.5 Å². The van der Waals surface area contributed by atoms with Crippen molar-refractivity contribution in [1.82, 2.24) is 10.2 Å². The minimum atomic E-state index is 0.109. The number of rotatable bonds is 6. The Morgan fingerprint density at radius 1 is 1.35 bits per heavy atom. The van der Waals surface area contributed by atoms with E-state index in [1.165, 1.54) is 0 Å². The van der Waals surface area contributed by atoms with Crippen LogP contribution >= 0.6 is 0 Å². The molecule has 118 valence electrons. The number of hydrogen-bond donors (Lipinski definition) is 2. The minimum absolute atomic E-state index is 0.109. The molecule has 4 heteroatoms. The van der Waals surface area contributed by atoms with Gasteiger partial charge in [-0.2, -0.15) is 0 Å². The molecule has 0 aromatic rings. The number of likely N-dealkylation sites (N-methyl/N-ethyl adjacent to an activating group) is 1. The van der Waals surface area contributed by atoms with Crippen molar-refractivity contribution in [3.05, 3.63) is 0 Å². The molecule has 0 radical (unpaired) electrons. The first-order chi connectivity index (χ1) is 9.29. The monoisotopic (exact) mass is 283 g/mol. The Kier molecular flexibility index (Phi) is 6.96. The van der Waals surface area contributed by atoms with E-state index in [-0.39, 0.29) is 23.9 Å². The molecule has 1 aliphatic carbocycles. The molecule has 1 rings (SSSR count). The molecule has 1 amide bonds. The Bertz CT molecular complexity index is 294. The second-order valence-corrected chi connectivity index (χ2v) is 7.25.